The fraction of sp³-hybridized carbons (Fsp3) is 0.727. The Morgan fingerprint density at radius 3 is 2.86 bits per heavy atom. The van der Waals surface area contributed by atoms with Crippen LogP contribution in [0.15, 0.2) is 12.3 Å². The zero-order valence-corrected chi connectivity index (χ0v) is 8.69. The van der Waals surface area contributed by atoms with E-state index in [1.807, 2.05) is 13.1 Å². The Kier molecular flexibility index (Phi) is 2.87. The lowest BCUT2D eigenvalue weighted by molar-refractivity contribution is 0.136. The summed E-state index contributed by atoms with van der Waals surface area (Å²) in [4.78, 5) is 0. The van der Waals surface area contributed by atoms with Crippen molar-refractivity contribution in [3.8, 4) is 0 Å². The molecule has 1 atom stereocenters. The number of aromatic nitrogens is 2. The number of aliphatic hydroxyl groups excluding tert-OH is 1. The van der Waals surface area contributed by atoms with Crippen LogP contribution in [0.5, 0.6) is 0 Å². The Hall–Kier alpha value is -0.830. The van der Waals surface area contributed by atoms with Crippen LogP contribution in [0, 0.1) is 5.92 Å². The van der Waals surface area contributed by atoms with Gasteiger partial charge in [0.05, 0.1) is 11.8 Å². The molecule has 0 spiro atoms. The van der Waals surface area contributed by atoms with Gasteiger partial charge in [-0.05, 0) is 18.4 Å². The monoisotopic (exact) mass is 194 g/mol. The van der Waals surface area contributed by atoms with E-state index >= 15 is 0 Å². The Morgan fingerprint density at radius 1 is 1.57 bits per heavy atom. The molecular weight excluding hydrogens is 176 g/mol. The van der Waals surface area contributed by atoms with Gasteiger partial charge in [-0.2, -0.15) is 5.10 Å². The van der Waals surface area contributed by atoms with Gasteiger partial charge in [0.15, 0.2) is 0 Å². The number of rotatable bonds is 3. The highest BCUT2D eigenvalue weighted by molar-refractivity contribution is 5.04. The summed E-state index contributed by atoms with van der Waals surface area (Å²) in [6.45, 7) is 0. The highest BCUT2D eigenvalue weighted by Gasteiger charge is 2.21. The average molecular weight is 194 g/mol. The quantitative estimate of drug-likeness (QED) is 0.799. The van der Waals surface area contributed by atoms with Gasteiger partial charge >= 0.3 is 0 Å². The summed E-state index contributed by atoms with van der Waals surface area (Å²) in [5.41, 5.74) is 0.942. The molecule has 0 radical (unpaired) electrons. The summed E-state index contributed by atoms with van der Waals surface area (Å²) >= 11 is 0. The molecule has 0 aromatic carbocycles. The molecule has 1 aliphatic carbocycles. The van der Waals surface area contributed by atoms with Crippen molar-refractivity contribution in [2.24, 2.45) is 13.0 Å². The molecule has 2 rings (SSSR count). The minimum absolute atomic E-state index is 0.328. The number of nitrogens with zero attached hydrogens (tertiary/aromatic N) is 2. The zero-order valence-electron chi connectivity index (χ0n) is 8.69. The minimum atomic E-state index is -0.328. The third kappa shape index (κ3) is 1.98. The first-order valence-corrected chi connectivity index (χ1v) is 5.43. The van der Waals surface area contributed by atoms with Crippen molar-refractivity contribution in [3.63, 3.8) is 0 Å². The maximum absolute atomic E-state index is 9.99. The van der Waals surface area contributed by atoms with E-state index in [2.05, 4.69) is 5.10 Å². The molecule has 0 aliphatic heterocycles. The van der Waals surface area contributed by atoms with Gasteiger partial charge in [-0.1, -0.05) is 25.7 Å². The van der Waals surface area contributed by atoms with Gasteiger partial charge in [0.25, 0.3) is 0 Å². The zero-order chi connectivity index (χ0) is 9.97. The molecule has 1 aromatic rings. The second kappa shape index (κ2) is 4.13. The SMILES string of the molecule is Cn1nccc1C(O)CC1CCCC1. The fourth-order valence-electron chi connectivity index (χ4n) is 2.39. The molecule has 1 saturated carbocycles. The molecule has 1 fully saturated rings. The fourth-order valence-corrected chi connectivity index (χ4v) is 2.39. The van der Waals surface area contributed by atoms with Crippen LogP contribution in [0.25, 0.3) is 0 Å². The van der Waals surface area contributed by atoms with Crippen molar-refractivity contribution in [1.82, 2.24) is 9.78 Å². The van der Waals surface area contributed by atoms with Crippen LogP contribution in [0.1, 0.15) is 43.9 Å². The smallest absolute Gasteiger partial charge is 0.0959 e. The molecule has 78 valence electrons. The van der Waals surface area contributed by atoms with Crippen LogP contribution in [0.2, 0.25) is 0 Å². The maximum Gasteiger partial charge on any atom is 0.0959 e. The van der Waals surface area contributed by atoms with Crippen molar-refractivity contribution >= 4 is 0 Å². The normalized spacial score (nSPS) is 20.1. The molecule has 14 heavy (non-hydrogen) atoms. The molecule has 1 N–H and O–H groups in total. The van der Waals surface area contributed by atoms with Gasteiger partial charge in [0, 0.05) is 13.2 Å². The summed E-state index contributed by atoms with van der Waals surface area (Å²) in [5, 5.41) is 14.1. The van der Waals surface area contributed by atoms with E-state index in [4.69, 9.17) is 0 Å². The van der Waals surface area contributed by atoms with Gasteiger partial charge in [-0.25, -0.2) is 0 Å². The predicted molar refractivity (Wildman–Crippen MR) is 54.7 cm³/mol. The summed E-state index contributed by atoms with van der Waals surface area (Å²) in [6.07, 6.45) is 7.56. The first-order valence-electron chi connectivity index (χ1n) is 5.43. The van der Waals surface area contributed by atoms with E-state index in [0.29, 0.717) is 0 Å². The van der Waals surface area contributed by atoms with Crippen molar-refractivity contribution in [2.45, 2.75) is 38.2 Å². The molecule has 1 heterocycles. The Balaban J connectivity index is 1.95. The van der Waals surface area contributed by atoms with Crippen molar-refractivity contribution in [3.05, 3.63) is 18.0 Å². The van der Waals surface area contributed by atoms with E-state index in [-0.39, 0.29) is 6.10 Å². The Labute approximate surface area is 84.7 Å². The van der Waals surface area contributed by atoms with Gasteiger partial charge < -0.3 is 5.11 Å². The highest BCUT2D eigenvalue weighted by Crippen LogP contribution is 2.32. The first-order chi connectivity index (χ1) is 6.77. The average Bonchev–Trinajstić information content (AvgIpc) is 2.75. The largest absolute Gasteiger partial charge is 0.387 e. The number of hydrogen-bond donors (Lipinski definition) is 1. The third-order valence-corrected chi connectivity index (χ3v) is 3.23. The van der Waals surface area contributed by atoms with Gasteiger partial charge in [-0.15, -0.1) is 0 Å². The topological polar surface area (TPSA) is 38.0 Å². The number of aryl methyl sites for hydroxylation is 1. The molecule has 3 heteroatoms. The molecule has 0 saturated heterocycles. The van der Waals surface area contributed by atoms with Crippen LogP contribution in [-0.2, 0) is 7.05 Å². The van der Waals surface area contributed by atoms with E-state index in [0.717, 1.165) is 18.0 Å². The van der Waals surface area contributed by atoms with Crippen LogP contribution < -0.4 is 0 Å². The van der Waals surface area contributed by atoms with E-state index < -0.39 is 0 Å². The third-order valence-electron chi connectivity index (χ3n) is 3.23. The summed E-state index contributed by atoms with van der Waals surface area (Å²) in [5.74, 6) is 0.722. The van der Waals surface area contributed by atoms with E-state index in [1.165, 1.54) is 25.7 Å². The van der Waals surface area contributed by atoms with Crippen LogP contribution in [-0.4, -0.2) is 14.9 Å². The van der Waals surface area contributed by atoms with Crippen LogP contribution in [0.3, 0.4) is 0 Å². The van der Waals surface area contributed by atoms with E-state index in [9.17, 15) is 5.11 Å². The summed E-state index contributed by atoms with van der Waals surface area (Å²) in [6, 6.07) is 1.90. The second-order valence-corrected chi connectivity index (χ2v) is 4.28. The number of aliphatic hydroxyl groups is 1. The van der Waals surface area contributed by atoms with Gasteiger partial charge in [0.1, 0.15) is 0 Å². The molecule has 1 aromatic heterocycles. The van der Waals surface area contributed by atoms with Crippen LogP contribution >= 0.6 is 0 Å². The Bertz CT molecular complexity index is 289. The van der Waals surface area contributed by atoms with Gasteiger partial charge in [-0.3, -0.25) is 4.68 Å². The molecular formula is C11H18N2O. The molecule has 0 amide bonds. The number of hydrogen-bond acceptors (Lipinski definition) is 2. The molecule has 3 nitrogen and oxygen atoms in total. The van der Waals surface area contributed by atoms with Crippen molar-refractivity contribution in [2.75, 3.05) is 0 Å². The lowest BCUT2D eigenvalue weighted by atomic mass is 9.98. The summed E-state index contributed by atoms with van der Waals surface area (Å²) < 4.78 is 1.76. The van der Waals surface area contributed by atoms with Gasteiger partial charge in [0.2, 0.25) is 0 Å². The standard InChI is InChI=1S/C11H18N2O/c1-13-10(6-7-12-13)11(14)8-9-4-2-3-5-9/h6-7,9,11,14H,2-5,8H2,1H3. The van der Waals surface area contributed by atoms with Crippen molar-refractivity contribution < 1.29 is 5.11 Å². The lowest BCUT2D eigenvalue weighted by Gasteiger charge is -2.15. The highest BCUT2D eigenvalue weighted by atomic mass is 16.3. The molecule has 1 aliphatic rings. The Morgan fingerprint density at radius 2 is 2.29 bits per heavy atom. The van der Waals surface area contributed by atoms with E-state index in [1.54, 1.807) is 10.9 Å². The van der Waals surface area contributed by atoms with Crippen LogP contribution in [0.4, 0.5) is 0 Å². The molecule has 1 unspecified atom stereocenters. The maximum atomic E-state index is 9.99. The first kappa shape index (κ1) is 9.71. The minimum Gasteiger partial charge on any atom is -0.387 e. The second-order valence-electron chi connectivity index (χ2n) is 4.28. The summed E-state index contributed by atoms with van der Waals surface area (Å²) in [7, 11) is 1.88. The predicted octanol–water partition coefficient (Wildman–Crippen LogP) is 2.03. The molecule has 0 bridgehead atoms. The lowest BCUT2D eigenvalue weighted by Crippen LogP contribution is -2.09. The van der Waals surface area contributed by atoms with Crippen molar-refractivity contribution in [1.29, 1.82) is 0 Å².